The first-order chi connectivity index (χ1) is 14.9. The van der Waals surface area contributed by atoms with Crippen molar-refractivity contribution < 1.29 is 22.7 Å². The minimum absolute atomic E-state index is 0.112. The summed E-state index contributed by atoms with van der Waals surface area (Å²) in [6, 6.07) is 12.3. The van der Waals surface area contributed by atoms with Gasteiger partial charge in [0.05, 0.1) is 36.9 Å². The van der Waals surface area contributed by atoms with Crippen LogP contribution < -0.4 is 10.2 Å². The molecule has 0 spiro atoms. The minimum atomic E-state index is -3.71. The number of aryl methyl sites for hydroxylation is 1. The highest BCUT2D eigenvalue weighted by atomic mass is 32.2. The SMILES string of the molecule is Cc1ccc(NC(=O)c2cc(S(=O)(=O)N3CCOCC3)ccc2N2CCOCC2)cc1. The molecule has 0 saturated carbocycles. The number of carbonyl (C=O) groups excluding carboxylic acids is 1. The van der Waals surface area contributed by atoms with Gasteiger partial charge in [-0.05, 0) is 37.3 Å². The predicted molar refractivity (Wildman–Crippen MR) is 118 cm³/mol. The number of sulfonamides is 1. The van der Waals surface area contributed by atoms with Crippen LogP contribution in [0.25, 0.3) is 0 Å². The third kappa shape index (κ3) is 4.90. The van der Waals surface area contributed by atoms with E-state index >= 15 is 0 Å². The lowest BCUT2D eigenvalue weighted by Crippen LogP contribution is -2.41. The Labute approximate surface area is 182 Å². The van der Waals surface area contributed by atoms with Crippen molar-refractivity contribution in [2.75, 3.05) is 62.8 Å². The summed E-state index contributed by atoms with van der Waals surface area (Å²) >= 11 is 0. The number of ether oxygens (including phenoxy) is 2. The Bertz CT molecular complexity index is 1030. The molecule has 2 aromatic rings. The van der Waals surface area contributed by atoms with E-state index in [-0.39, 0.29) is 10.8 Å². The zero-order valence-corrected chi connectivity index (χ0v) is 18.4. The van der Waals surface area contributed by atoms with E-state index in [1.165, 1.54) is 10.4 Å². The summed E-state index contributed by atoms with van der Waals surface area (Å²) in [5.74, 6) is -0.343. The van der Waals surface area contributed by atoms with Gasteiger partial charge in [0.15, 0.2) is 0 Å². The number of hydrogen-bond acceptors (Lipinski definition) is 6. The monoisotopic (exact) mass is 445 g/mol. The van der Waals surface area contributed by atoms with E-state index < -0.39 is 10.0 Å². The molecule has 2 aliphatic heterocycles. The van der Waals surface area contributed by atoms with Crippen LogP contribution in [0.4, 0.5) is 11.4 Å². The molecule has 0 unspecified atom stereocenters. The quantitative estimate of drug-likeness (QED) is 0.758. The molecule has 8 nitrogen and oxygen atoms in total. The summed E-state index contributed by atoms with van der Waals surface area (Å²) in [6.45, 7) is 5.72. The number of carbonyl (C=O) groups is 1. The number of amides is 1. The van der Waals surface area contributed by atoms with Crippen LogP contribution in [-0.2, 0) is 19.5 Å². The number of hydrogen-bond donors (Lipinski definition) is 1. The molecular weight excluding hydrogens is 418 g/mol. The summed E-state index contributed by atoms with van der Waals surface area (Å²) in [4.78, 5) is 15.4. The molecule has 1 amide bonds. The van der Waals surface area contributed by atoms with E-state index in [1.54, 1.807) is 12.1 Å². The molecule has 2 aromatic carbocycles. The van der Waals surface area contributed by atoms with Gasteiger partial charge in [0.2, 0.25) is 10.0 Å². The molecule has 0 atom stereocenters. The van der Waals surface area contributed by atoms with Crippen molar-refractivity contribution in [2.45, 2.75) is 11.8 Å². The second-order valence-electron chi connectivity index (χ2n) is 7.61. The van der Waals surface area contributed by atoms with Crippen molar-refractivity contribution >= 4 is 27.3 Å². The second kappa shape index (κ2) is 9.35. The molecule has 2 saturated heterocycles. The number of benzene rings is 2. The molecule has 166 valence electrons. The number of rotatable bonds is 5. The molecule has 2 fully saturated rings. The molecule has 2 heterocycles. The Morgan fingerprint density at radius 2 is 1.52 bits per heavy atom. The maximum Gasteiger partial charge on any atom is 0.257 e. The van der Waals surface area contributed by atoms with Gasteiger partial charge in [0.1, 0.15) is 0 Å². The fourth-order valence-electron chi connectivity index (χ4n) is 3.71. The zero-order chi connectivity index (χ0) is 21.8. The van der Waals surface area contributed by atoms with Crippen LogP contribution in [0.15, 0.2) is 47.4 Å². The molecule has 0 bridgehead atoms. The highest BCUT2D eigenvalue weighted by molar-refractivity contribution is 7.89. The Kier molecular flexibility index (Phi) is 6.57. The summed E-state index contributed by atoms with van der Waals surface area (Å²) < 4.78 is 38.4. The first-order valence-corrected chi connectivity index (χ1v) is 11.8. The fraction of sp³-hybridized carbons (Fsp3) is 0.409. The van der Waals surface area contributed by atoms with Gasteiger partial charge in [-0.1, -0.05) is 17.7 Å². The third-order valence-corrected chi connectivity index (χ3v) is 7.38. The first-order valence-electron chi connectivity index (χ1n) is 10.4. The van der Waals surface area contributed by atoms with Crippen molar-refractivity contribution in [1.29, 1.82) is 0 Å². The van der Waals surface area contributed by atoms with Gasteiger partial charge < -0.3 is 19.7 Å². The molecule has 1 N–H and O–H groups in total. The van der Waals surface area contributed by atoms with E-state index in [0.717, 1.165) is 5.56 Å². The second-order valence-corrected chi connectivity index (χ2v) is 9.55. The van der Waals surface area contributed by atoms with Crippen LogP contribution in [0.1, 0.15) is 15.9 Å². The summed E-state index contributed by atoms with van der Waals surface area (Å²) in [5.41, 5.74) is 2.78. The Balaban J connectivity index is 1.69. The maximum absolute atomic E-state index is 13.2. The smallest absolute Gasteiger partial charge is 0.257 e. The molecule has 31 heavy (non-hydrogen) atoms. The lowest BCUT2D eigenvalue weighted by Gasteiger charge is -2.31. The fourth-order valence-corrected chi connectivity index (χ4v) is 5.14. The summed E-state index contributed by atoms with van der Waals surface area (Å²) in [7, 11) is -3.71. The lowest BCUT2D eigenvalue weighted by molar-refractivity contribution is 0.0730. The predicted octanol–water partition coefficient (Wildman–Crippen LogP) is 2.10. The van der Waals surface area contributed by atoms with Crippen LogP contribution in [0, 0.1) is 6.92 Å². The number of nitrogens with zero attached hydrogens (tertiary/aromatic N) is 2. The van der Waals surface area contributed by atoms with Crippen molar-refractivity contribution in [3.05, 3.63) is 53.6 Å². The van der Waals surface area contributed by atoms with Gasteiger partial charge in [0, 0.05) is 37.6 Å². The molecule has 0 aliphatic carbocycles. The van der Waals surface area contributed by atoms with Gasteiger partial charge in [-0.15, -0.1) is 0 Å². The average molecular weight is 446 g/mol. The normalized spacial score (nSPS) is 18.0. The van der Waals surface area contributed by atoms with Gasteiger partial charge in [-0.2, -0.15) is 4.31 Å². The highest BCUT2D eigenvalue weighted by Gasteiger charge is 2.29. The molecule has 0 aromatic heterocycles. The van der Waals surface area contributed by atoms with Crippen LogP contribution in [0.2, 0.25) is 0 Å². The van der Waals surface area contributed by atoms with Crippen molar-refractivity contribution in [3.8, 4) is 0 Å². The van der Waals surface area contributed by atoms with E-state index in [9.17, 15) is 13.2 Å². The Morgan fingerprint density at radius 3 is 2.16 bits per heavy atom. The highest BCUT2D eigenvalue weighted by Crippen LogP contribution is 2.28. The van der Waals surface area contributed by atoms with E-state index in [2.05, 4.69) is 10.2 Å². The third-order valence-electron chi connectivity index (χ3n) is 5.48. The molecule has 4 rings (SSSR count). The van der Waals surface area contributed by atoms with Crippen LogP contribution in [0.5, 0.6) is 0 Å². The lowest BCUT2D eigenvalue weighted by atomic mass is 10.1. The van der Waals surface area contributed by atoms with E-state index in [0.29, 0.717) is 69.5 Å². The van der Waals surface area contributed by atoms with Crippen LogP contribution in [0.3, 0.4) is 0 Å². The molecule has 2 aliphatic rings. The van der Waals surface area contributed by atoms with Crippen LogP contribution in [-0.4, -0.2) is 71.2 Å². The largest absolute Gasteiger partial charge is 0.379 e. The average Bonchev–Trinajstić information content (AvgIpc) is 2.81. The minimum Gasteiger partial charge on any atom is -0.379 e. The zero-order valence-electron chi connectivity index (χ0n) is 17.5. The van der Waals surface area contributed by atoms with E-state index in [1.807, 2.05) is 31.2 Å². The van der Waals surface area contributed by atoms with Gasteiger partial charge in [-0.3, -0.25) is 4.79 Å². The van der Waals surface area contributed by atoms with Crippen molar-refractivity contribution in [2.24, 2.45) is 0 Å². The maximum atomic E-state index is 13.2. The number of morpholine rings is 2. The van der Waals surface area contributed by atoms with Crippen molar-refractivity contribution in [1.82, 2.24) is 4.31 Å². The van der Waals surface area contributed by atoms with Gasteiger partial charge in [-0.25, -0.2) is 8.42 Å². The Hall–Kier alpha value is -2.46. The van der Waals surface area contributed by atoms with E-state index in [4.69, 9.17) is 9.47 Å². The van der Waals surface area contributed by atoms with Crippen molar-refractivity contribution in [3.63, 3.8) is 0 Å². The number of anilines is 2. The molecule has 9 heteroatoms. The van der Waals surface area contributed by atoms with Crippen LogP contribution >= 0.6 is 0 Å². The molecular formula is C22H27N3O5S. The summed E-state index contributed by atoms with van der Waals surface area (Å²) in [5, 5.41) is 2.90. The Morgan fingerprint density at radius 1 is 0.903 bits per heavy atom. The standard InChI is InChI=1S/C22H27N3O5S/c1-17-2-4-18(5-3-17)23-22(26)20-16-19(31(27,28)25-10-14-30-15-11-25)6-7-21(20)24-8-12-29-13-9-24/h2-7,16H,8-15H2,1H3,(H,23,26). The van der Waals surface area contributed by atoms with Gasteiger partial charge >= 0.3 is 0 Å². The summed E-state index contributed by atoms with van der Waals surface area (Å²) in [6.07, 6.45) is 0. The molecule has 0 radical (unpaired) electrons. The number of nitrogens with one attached hydrogen (secondary N) is 1. The topological polar surface area (TPSA) is 88.2 Å². The van der Waals surface area contributed by atoms with Gasteiger partial charge in [0.25, 0.3) is 5.91 Å². The first kappa shape index (κ1) is 21.8.